The molecule has 0 aliphatic heterocycles. The van der Waals surface area contributed by atoms with Crippen LogP contribution in [0, 0.1) is 0 Å². The third kappa shape index (κ3) is 1.03. The Balaban J connectivity index is 2.45. The van der Waals surface area contributed by atoms with Crippen molar-refractivity contribution in [1.82, 2.24) is 0 Å². The van der Waals surface area contributed by atoms with Crippen LogP contribution in [0.15, 0.2) is 48.1 Å². The molecule has 0 unspecified atom stereocenters. The Kier molecular flexibility index (Phi) is 1.55. The van der Waals surface area contributed by atoms with Crippen LogP contribution < -0.4 is 10.4 Å². The molecule has 1 heteroatoms. The van der Waals surface area contributed by atoms with Crippen LogP contribution in [0.4, 0.5) is 0 Å². The van der Waals surface area contributed by atoms with E-state index in [2.05, 4.69) is 42.5 Å². The van der Waals surface area contributed by atoms with Crippen molar-refractivity contribution in [1.29, 1.82) is 0 Å². The van der Waals surface area contributed by atoms with Crippen molar-refractivity contribution in [2.24, 2.45) is 0 Å². The highest BCUT2D eigenvalue weighted by molar-refractivity contribution is 7.81. The Morgan fingerprint density at radius 3 is 2.71 bits per heavy atom. The average Bonchev–Trinajstić information content (AvgIpc) is 2.54. The topological polar surface area (TPSA) is 0 Å². The maximum atomic E-state index is 5.14. The highest BCUT2D eigenvalue weighted by Gasteiger charge is 2.11. The summed E-state index contributed by atoms with van der Waals surface area (Å²) in [6.45, 7) is 0. The van der Waals surface area contributed by atoms with Gasteiger partial charge in [0.2, 0.25) is 0 Å². The summed E-state index contributed by atoms with van der Waals surface area (Å²) in [5, 5.41) is 2.61. The van der Waals surface area contributed by atoms with Crippen LogP contribution in [0.1, 0.15) is 0 Å². The van der Waals surface area contributed by atoms with Crippen LogP contribution in [0.5, 0.6) is 0 Å². The van der Waals surface area contributed by atoms with Gasteiger partial charge in [-0.05, 0) is 39.8 Å². The molecule has 0 saturated carbocycles. The van der Waals surface area contributed by atoms with Crippen molar-refractivity contribution >= 4 is 28.7 Å². The Morgan fingerprint density at radius 2 is 1.79 bits per heavy atom. The SMILES string of the molecule is S=C1C=CC2=c3ccccc3=CC2=C1. The molecule has 0 nitrogen and oxygen atoms in total. The molecule has 0 radical (unpaired) electrons. The zero-order valence-corrected chi connectivity index (χ0v) is 8.34. The molecule has 0 amide bonds. The number of thiocarbonyl (C=S) groups is 1. The lowest BCUT2D eigenvalue weighted by molar-refractivity contribution is 1.53. The van der Waals surface area contributed by atoms with Gasteiger partial charge >= 0.3 is 0 Å². The normalized spacial score (nSPS) is 17.3. The van der Waals surface area contributed by atoms with Crippen LogP contribution in [0.3, 0.4) is 0 Å². The third-order valence-corrected chi connectivity index (χ3v) is 2.84. The van der Waals surface area contributed by atoms with Gasteiger partial charge in [0.05, 0.1) is 0 Å². The van der Waals surface area contributed by atoms with E-state index in [0.717, 1.165) is 4.86 Å². The highest BCUT2D eigenvalue weighted by Crippen LogP contribution is 2.20. The van der Waals surface area contributed by atoms with E-state index in [9.17, 15) is 0 Å². The molecule has 3 rings (SSSR count). The molecule has 66 valence electrons. The van der Waals surface area contributed by atoms with E-state index in [1.165, 1.54) is 21.6 Å². The minimum atomic E-state index is 0.910. The Bertz CT molecular complexity index is 600. The van der Waals surface area contributed by atoms with Crippen molar-refractivity contribution in [2.75, 3.05) is 0 Å². The summed E-state index contributed by atoms with van der Waals surface area (Å²) in [6, 6.07) is 8.43. The molecule has 0 heterocycles. The molecular weight excluding hydrogens is 188 g/mol. The summed E-state index contributed by atoms with van der Waals surface area (Å²) in [4.78, 5) is 0.910. The predicted octanol–water partition coefficient (Wildman–Crippen LogP) is 1.50. The van der Waals surface area contributed by atoms with E-state index in [4.69, 9.17) is 12.2 Å². The van der Waals surface area contributed by atoms with Gasteiger partial charge in [0, 0.05) is 4.86 Å². The standard InChI is InChI=1S/C13H8S/c14-11-5-6-13-10(8-11)7-9-3-1-2-4-12(9)13/h1-8H. The summed E-state index contributed by atoms with van der Waals surface area (Å²) in [5.74, 6) is 0. The summed E-state index contributed by atoms with van der Waals surface area (Å²) < 4.78 is 0. The fourth-order valence-electron chi connectivity index (χ4n) is 1.94. The summed E-state index contributed by atoms with van der Waals surface area (Å²) >= 11 is 5.14. The lowest BCUT2D eigenvalue weighted by atomic mass is 10.0. The zero-order chi connectivity index (χ0) is 9.54. The maximum absolute atomic E-state index is 5.14. The van der Waals surface area contributed by atoms with Crippen LogP contribution in [0.2, 0.25) is 0 Å². The molecule has 0 fully saturated rings. The van der Waals surface area contributed by atoms with Crippen molar-refractivity contribution in [3.8, 4) is 0 Å². The van der Waals surface area contributed by atoms with Crippen LogP contribution in [0.25, 0.3) is 11.6 Å². The quantitative estimate of drug-likeness (QED) is 0.567. The third-order valence-electron chi connectivity index (χ3n) is 2.58. The van der Waals surface area contributed by atoms with E-state index < -0.39 is 0 Å². The Hall–Kier alpha value is -1.47. The second kappa shape index (κ2) is 2.76. The highest BCUT2D eigenvalue weighted by atomic mass is 32.1. The average molecular weight is 196 g/mol. The molecular formula is C13H8S. The van der Waals surface area contributed by atoms with Gasteiger partial charge < -0.3 is 0 Å². The van der Waals surface area contributed by atoms with E-state index >= 15 is 0 Å². The molecule has 2 aliphatic carbocycles. The van der Waals surface area contributed by atoms with Gasteiger partial charge in [-0.1, -0.05) is 42.6 Å². The lowest BCUT2D eigenvalue weighted by Crippen LogP contribution is -2.21. The van der Waals surface area contributed by atoms with Gasteiger partial charge in [0.1, 0.15) is 0 Å². The van der Waals surface area contributed by atoms with Gasteiger partial charge in [-0.25, -0.2) is 0 Å². The fourth-order valence-corrected chi connectivity index (χ4v) is 2.14. The second-order valence-corrected chi connectivity index (χ2v) is 3.95. The minimum absolute atomic E-state index is 0.910. The van der Waals surface area contributed by atoms with E-state index in [1.54, 1.807) is 0 Å². The van der Waals surface area contributed by atoms with Crippen molar-refractivity contribution in [3.05, 3.63) is 58.5 Å². The Labute approximate surface area is 87.6 Å². The molecule has 2 aliphatic rings. The number of hydrogen-bond acceptors (Lipinski definition) is 1. The number of allylic oxidation sites excluding steroid dienone is 4. The minimum Gasteiger partial charge on any atom is -0.0801 e. The molecule has 0 atom stereocenters. The fraction of sp³-hybridized carbons (Fsp3) is 0. The molecule has 14 heavy (non-hydrogen) atoms. The van der Waals surface area contributed by atoms with Gasteiger partial charge in [-0.15, -0.1) is 0 Å². The van der Waals surface area contributed by atoms with Gasteiger partial charge in [0.15, 0.2) is 0 Å². The van der Waals surface area contributed by atoms with Gasteiger partial charge in [0.25, 0.3) is 0 Å². The van der Waals surface area contributed by atoms with E-state index in [1.807, 2.05) is 6.08 Å². The van der Waals surface area contributed by atoms with Crippen LogP contribution in [-0.4, -0.2) is 4.86 Å². The van der Waals surface area contributed by atoms with Crippen LogP contribution >= 0.6 is 12.2 Å². The first-order valence-electron chi connectivity index (χ1n) is 4.60. The monoisotopic (exact) mass is 196 g/mol. The Morgan fingerprint density at radius 1 is 0.929 bits per heavy atom. The number of hydrogen-bond donors (Lipinski definition) is 0. The largest absolute Gasteiger partial charge is 0.0801 e. The predicted molar refractivity (Wildman–Crippen MR) is 63.4 cm³/mol. The van der Waals surface area contributed by atoms with Crippen molar-refractivity contribution < 1.29 is 0 Å². The summed E-state index contributed by atoms with van der Waals surface area (Å²) in [6.07, 6.45) is 8.36. The maximum Gasteiger partial charge on any atom is 0.0383 e. The number of benzene rings is 1. The molecule has 0 bridgehead atoms. The second-order valence-electron chi connectivity index (χ2n) is 3.48. The number of fused-ring (bicyclic) bond motifs is 2. The van der Waals surface area contributed by atoms with Gasteiger partial charge in [-0.3, -0.25) is 0 Å². The smallest absolute Gasteiger partial charge is 0.0383 e. The lowest BCUT2D eigenvalue weighted by Gasteiger charge is -2.04. The van der Waals surface area contributed by atoms with E-state index in [-0.39, 0.29) is 0 Å². The molecule has 1 aromatic rings. The zero-order valence-electron chi connectivity index (χ0n) is 7.53. The summed E-state index contributed by atoms with van der Waals surface area (Å²) in [5.41, 5.74) is 2.55. The molecule has 1 aromatic carbocycles. The van der Waals surface area contributed by atoms with E-state index in [0.29, 0.717) is 0 Å². The van der Waals surface area contributed by atoms with Crippen LogP contribution in [-0.2, 0) is 0 Å². The molecule has 0 saturated heterocycles. The van der Waals surface area contributed by atoms with Crippen molar-refractivity contribution in [3.63, 3.8) is 0 Å². The summed E-state index contributed by atoms with van der Waals surface area (Å²) in [7, 11) is 0. The molecule has 0 aromatic heterocycles. The first-order chi connectivity index (χ1) is 6.84. The van der Waals surface area contributed by atoms with Crippen molar-refractivity contribution in [2.45, 2.75) is 0 Å². The molecule has 0 spiro atoms. The first kappa shape index (κ1) is 7.89. The van der Waals surface area contributed by atoms with Gasteiger partial charge in [-0.2, -0.15) is 0 Å². The first-order valence-corrected chi connectivity index (χ1v) is 5.01. The molecule has 0 N–H and O–H groups in total. The number of rotatable bonds is 0.